The quantitative estimate of drug-likeness (QED) is 0.0322. The highest BCUT2D eigenvalue weighted by molar-refractivity contribution is 5.76. The summed E-state index contributed by atoms with van der Waals surface area (Å²) in [5.41, 5.74) is 0. The highest BCUT2D eigenvalue weighted by Crippen LogP contribution is 2.16. The molecule has 0 bridgehead atoms. The molecular formula is C56H103NO5. The number of hydrogen-bond acceptors (Lipinski definition) is 5. The maximum atomic E-state index is 12.4. The molecule has 0 heterocycles. The van der Waals surface area contributed by atoms with Gasteiger partial charge in [-0.25, -0.2) is 0 Å². The zero-order chi connectivity index (χ0) is 45.1. The maximum Gasteiger partial charge on any atom is 0.305 e. The van der Waals surface area contributed by atoms with Gasteiger partial charge in [0, 0.05) is 12.8 Å². The van der Waals surface area contributed by atoms with Crippen LogP contribution in [0.3, 0.4) is 0 Å². The summed E-state index contributed by atoms with van der Waals surface area (Å²) in [6, 6.07) is -0.668. The molecule has 0 aromatic carbocycles. The van der Waals surface area contributed by atoms with E-state index >= 15 is 0 Å². The Balaban J connectivity index is 3.59. The van der Waals surface area contributed by atoms with Crippen molar-refractivity contribution in [1.29, 1.82) is 0 Å². The van der Waals surface area contributed by atoms with Crippen molar-refractivity contribution in [2.75, 3.05) is 13.2 Å². The van der Waals surface area contributed by atoms with Crippen molar-refractivity contribution in [2.45, 2.75) is 283 Å². The Morgan fingerprint density at radius 3 is 1.32 bits per heavy atom. The predicted octanol–water partition coefficient (Wildman–Crippen LogP) is 16.2. The highest BCUT2D eigenvalue weighted by atomic mass is 16.5. The van der Waals surface area contributed by atoms with Crippen LogP contribution in [0.25, 0.3) is 0 Å². The molecule has 0 rings (SSSR count). The SMILES string of the molecule is CCCC/C=C\C/C=C\CCCCCCCC(=O)OCCCCCC/C=C\CCCC(=O)NC(CO)C(O)/C=C/CCCCCCCCCCCCCCCCCCCCCC. The van der Waals surface area contributed by atoms with E-state index in [9.17, 15) is 19.8 Å². The third kappa shape index (κ3) is 47.3. The van der Waals surface area contributed by atoms with Gasteiger partial charge in [0.15, 0.2) is 0 Å². The summed E-state index contributed by atoms with van der Waals surface area (Å²) < 4.78 is 5.43. The van der Waals surface area contributed by atoms with Crippen LogP contribution in [0.1, 0.15) is 271 Å². The molecule has 62 heavy (non-hydrogen) atoms. The van der Waals surface area contributed by atoms with Gasteiger partial charge in [-0.3, -0.25) is 9.59 Å². The fraction of sp³-hybridized carbons (Fsp3) is 0.821. The second-order valence-corrected chi connectivity index (χ2v) is 18.2. The van der Waals surface area contributed by atoms with E-state index in [1.165, 1.54) is 161 Å². The lowest BCUT2D eigenvalue weighted by atomic mass is 10.0. The summed E-state index contributed by atoms with van der Waals surface area (Å²) in [7, 11) is 0. The first-order chi connectivity index (χ1) is 30.5. The average molecular weight is 870 g/mol. The molecule has 0 aromatic rings. The first-order valence-electron chi connectivity index (χ1n) is 26.9. The number of esters is 1. The molecule has 0 aliphatic rings. The largest absolute Gasteiger partial charge is 0.466 e. The fourth-order valence-electron chi connectivity index (χ4n) is 7.89. The van der Waals surface area contributed by atoms with E-state index in [4.69, 9.17) is 4.74 Å². The summed E-state index contributed by atoms with van der Waals surface area (Å²) in [4.78, 5) is 24.5. The summed E-state index contributed by atoms with van der Waals surface area (Å²) in [5.74, 6) is -0.182. The molecule has 0 saturated heterocycles. The summed E-state index contributed by atoms with van der Waals surface area (Å²) in [6.45, 7) is 4.76. The van der Waals surface area contributed by atoms with Gasteiger partial charge in [-0.15, -0.1) is 0 Å². The number of carbonyl (C=O) groups is 2. The maximum absolute atomic E-state index is 12.4. The molecular weight excluding hydrogens is 767 g/mol. The molecule has 1 amide bonds. The Morgan fingerprint density at radius 2 is 0.839 bits per heavy atom. The van der Waals surface area contributed by atoms with E-state index in [0.29, 0.717) is 19.4 Å². The standard InChI is InChI=1S/C56H103NO5/c1-3-5-7-9-11-13-15-17-19-20-21-22-23-24-25-26-27-29-32-36-40-44-48-54(59)53(52-58)57-55(60)49-45-41-37-33-31-35-39-43-47-51-62-56(61)50-46-42-38-34-30-28-18-16-14-12-10-8-6-4-2/h10,12,16,18,33,37,44,48,53-54,58-59H,3-9,11,13-15,17,19-32,34-36,38-43,45-47,49-52H2,1-2H3,(H,57,60)/b12-10-,18-16-,37-33-,48-44+. The Morgan fingerprint density at radius 1 is 0.452 bits per heavy atom. The molecule has 0 spiro atoms. The van der Waals surface area contributed by atoms with Gasteiger partial charge in [-0.1, -0.05) is 229 Å². The molecule has 0 aliphatic heterocycles. The molecule has 6 nitrogen and oxygen atoms in total. The molecule has 2 unspecified atom stereocenters. The second kappa shape index (κ2) is 51.5. The normalized spacial score (nSPS) is 13.0. The number of hydrogen-bond donors (Lipinski definition) is 3. The lowest BCUT2D eigenvalue weighted by Crippen LogP contribution is -2.45. The number of allylic oxidation sites excluding steroid dienone is 7. The summed E-state index contributed by atoms with van der Waals surface area (Å²) in [5, 5.41) is 23.1. The van der Waals surface area contributed by atoms with E-state index in [2.05, 4.69) is 55.6 Å². The van der Waals surface area contributed by atoms with E-state index in [1.54, 1.807) is 6.08 Å². The van der Waals surface area contributed by atoms with Gasteiger partial charge in [0.25, 0.3) is 0 Å². The molecule has 0 aromatic heterocycles. The first kappa shape index (κ1) is 59.8. The van der Waals surface area contributed by atoms with Gasteiger partial charge in [0.05, 0.1) is 25.4 Å². The average Bonchev–Trinajstić information content (AvgIpc) is 3.27. The van der Waals surface area contributed by atoms with Gasteiger partial charge in [0.2, 0.25) is 5.91 Å². The lowest BCUT2D eigenvalue weighted by Gasteiger charge is -2.19. The van der Waals surface area contributed by atoms with Crippen molar-refractivity contribution in [3.05, 3.63) is 48.6 Å². The minimum atomic E-state index is -0.878. The van der Waals surface area contributed by atoms with Crippen molar-refractivity contribution < 1.29 is 24.5 Å². The van der Waals surface area contributed by atoms with E-state index in [1.807, 2.05) is 6.08 Å². The number of nitrogens with one attached hydrogen (secondary N) is 1. The number of ether oxygens (including phenoxy) is 1. The van der Waals surface area contributed by atoms with Crippen molar-refractivity contribution >= 4 is 11.9 Å². The number of aliphatic hydroxyl groups is 2. The van der Waals surface area contributed by atoms with E-state index in [0.717, 1.165) is 83.5 Å². The van der Waals surface area contributed by atoms with Crippen LogP contribution in [0, 0.1) is 0 Å². The molecule has 2 atom stereocenters. The van der Waals surface area contributed by atoms with Crippen LogP contribution in [-0.2, 0) is 14.3 Å². The molecule has 0 radical (unpaired) electrons. The van der Waals surface area contributed by atoms with Crippen molar-refractivity contribution in [3.63, 3.8) is 0 Å². The Kier molecular flexibility index (Phi) is 49.6. The molecule has 0 saturated carbocycles. The van der Waals surface area contributed by atoms with Crippen LogP contribution >= 0.6 is 0 Å². The summed E-state index contributed by atoms with van der Waals surface area (Å²) >= 11 is 0. The van der Waals surface area contributed by atoms with Gasteiger partial charge in [-0.2, -0.15) is 0 Å². The van der Waals surface area contributed by atoms with Crippen LogP contribution < -0.4 is 5.32 Å². The zero-order valence-corrected chi connectivity index (χ0v) is 41.1. The number of unbranched alkanes of at least 4 members (excludes halogenated alkanes) is 32. The molecule has 362 valence electrons. The number of aliphatic hydroxyl groups excluding tert-OH is 2. The Bertz CT molecular complexity index is 1050. The third-order valence-corrected chi connectivity index (χ3v) is 12.1. The van der Waals surface area contributed by atoms with Crippen LogP contribution in [0.4, 0.5) is 0 Å². The second-order valence-electron chi connectivity index (χ2n) is 18.2. The van der Waals surface area contributed by atoms with Crippen molar-refractivity contribution in [2.24, 2.45) is 0 Å². The highest BCUT2D eigenvalue weighted by Gasteiger charge is 2.17. The topological polar surface area (TPSA) is 95.9 Å². The van der Waals surface area contributed by atoms with Gasteiger partial charge < -0.3 is 20.3 Å². The smallest absolute Gasteiger partial charge is 0.305 e. The van der Waals surface area contributed by atoms with Crippen LogP contribution in [0.5, 0.6) is 0 Å². The lowest BCUT2D eigenvalue weighted by molar-refractivity contribution is -0.143. The zero-order valence-electron chi connectivity index (χ0n) is 41.1. The van der Waals surface area contributed by atoms with Crippen LogP contribution in [0.2, 0.25) is 0 Å². The number of carbonyl (C=O) groups excluding carboxylic acids is 2. The first-order valence-corrected chi connectivity index (χ1v) is 26.9. The van der Waals surface area contributed by atoms with E-state index < -0.39 is 12.1 Å². The van der Waals surface area contributed by atoms with Gasteiger partial charge in [-0.05, 0) is 77.0 Å². The molecule has 0 aliphatic carbocycles. The van der Waals surface area contributed by atoms with Crippen LogP contribution in [-0.4, -0.2) is 47.4 Å². The minimum Gasteiger partial charge on any atom is -0.466 e. The monoisotopic (exact) mass is 870 g/mol. The minimum absolute atomic E-state index is 0.0529. The fourth-order valence-corrected chi connectivity index (χ4v) is 7.89. The Labute approximate surface area is 385 Å². The Hall–Kier alpha value is -2.18. The van der Waals surface area contributed by atoms with E-state index in [-0.39, 0.29) is 18.5 Å². The van der Waals surface area contributed by atoms with Crippen LogP contribution in [0.15, 0.2) is 48.6 Å². The third-order valence-electron chi connectivity index (χ3n) is 12.1. The molecule has 0 fully saturated rings. The predicted molar refractivity (Wildman–Crippen MR) is 269 cm³/mol. The van der Waals surface area contributed by atoms with Gasteiger partial charge >= 0.3 is 5.97 Å². The van der Waals surface area contributed by atoms with Crippen molar-refractivity contribution in [3.8, 4) is 0 Å². The molecule has 3 N–H and O–H groups in total. The summed E-state index contributed by atoms with van der Waals surface area (Å²) in [6.07, 6.45) is 64.1. The van der Waals surface area contributed by atoms with Gasteiger partial charge in [0.1, 0.15) is 0 Å². The number of rotatable bonds is 49. The number of amides is 1. The van der Waals surface area contributed by atoms with Crippen molar-refractivity contribution in [1.82, 2.24) is 5.32 Å². The molecule has 6 heteroatoms.